The molecule has 0 radical (unpaired) electrons. The van der Waals surface area contributed by atoms with Gasteiger partial charge in [0, 0.05) is 5.56 Å². The summed E-state index contributed by atoms with van der Waals surface area (Å²) in [5.41, 5.74) is 3.98. The molecule has 0 saturated carbocycles. The van der Waals surface area contributed by atoms with E-state index >= 15 is 0 Å². The molecule has 1 heterocycles. The number of aryl methyl sites for hydroxylation is 2. The van der Waals surface area contributed by atoms with Crippen LogP contribution in [0.3, 0.4) is 0 Å². The number of ether oxygens (including phenoxy) is 3. The van der Waals surface area contributed by atoms with E-state index in [9.17, 15) is 9.59 Å². The molecule has 0 aromatic heterocycles. The Hall–Kier alpha value is -3.71. The van der Waals surface area contributed by atoms with E-state index in [0.717, 1.165) is 16.7 Å². The Labute approximate surface area is 206 Å². The molecule has 0 saturated heterocycles. The number of cyclic esters (lactones) is 1. The standard InChI is InChI=1S/C27H22BrNO5/c1-4-32-23-15-18(13-21(28)24(23)33-26(30)19-11-9-16(2)10-12-19)14-22-27(31)34-25(29-22)20-8-6-5-7-17(20)3/h5-15H,4H2,1-3H3/b22-14-. The molecule has 3 aromatic carbocycles. The van der Waals surface area contributed by atoms with Crippen LogP contribution in [-0.4, -0.2) is 24.4 Å². The van der Waals surface area contributed by atoms with Gasteiger partial charge in [-0.3, -0.25) is 0 Å². The largest absolute Gasteiger partial charge is 0.490 e. The number of carbonyl (C=O) groups is 2. The zero-order valence-corrected chi connectivity index (χ0v) is 20.5. The van der Waals surface area contributed by atoms with Gasteiger partial charge >= 0.3 is 11.9 Å². The lowest BCUT2D eigenvalue weighted by Gasteiger charge is -2.13. The number of nitrogens with zero attached hydrogens (tertiary/aromatic N) is 1. The van der Waals surface area contributed by atoms with Gasteiger partial charge in [-0.1, -0.05) is 35.9 Å². The number of aliphatic imine (C=N–C) groups is 1. The molecule has 3 aromatic rings. The third-order valence-electron chi connectivity index (χ3n) is 5.11. The van der Waals surface area contributed by atoms with Crippen molar-refractivity contribution in [2.75, 3.05) is 6.61 Å². The second-order valence-corrected chi connectivity index (χ2v) is 8.52. The normalized spacial score (nSPS) is 14.1. The summed E-state index contributed by atoms with van der Waals surface area (Å²) in [4.78, 5) is 29.5. The maximum Gasteiger partial charge on any atom is 0.363 e. The zero-order valence-electron chi connectivity index (χ0n) is 18.9. The highest BCUT2D eigenvalue weighted by Crippen LogP contribution is 2.38. The molecular formula is C27H22BrNO5. The molecule has 7 heteroatoms. The molecule has 0 bridgehead atoms. The summed E-state index contributed by atoms with van der Waals surface area (Å²) >= 11 is 3.46. The number of esters is 2. The van der Waals surface area contributed by atoms with Crippen molar-refractivity contribution in [3.63, 3.8) is 0 Å². The summed E-state index contributed by atoms with van der Waals surface area (Å²) in [5, 5.41) is 0. The average molecular weight is 520 g/mol. The summed E-state index contributed by atoms with van der Waals surface area (Å²) in [7, 11) is 0. The Morgan fingerprint density at radius 1 is 1.09 bits per heavy atom. The first-order valence-electron chi connectivity index (χ1n) is 10.7. The molecule has 34 heavy (non-hydrogen) atoms. The summed E-state index contributed by atoms with van der Waals surface area (Å²) in [5.74, 6) is -0.157. The lowest BCUT2D eigenvalue weighted by Crippen LogP contribution is -2.10. The number of halogens is 1. The summed E-state index contributed by atoms with van der Waals surface area (Å²) in [6.45, 7) is 6.06. The van der Waals surface area contributed by atoms with E-state index in [-0.39, 0.29) is 17.3 Å². The van der Waals surface area contributed by atoms with Gasteiger partial charge in [-0.2, -0.15) is 0 Å². The maximum absolute atomic E-state index is 12.6. The van der Waals surface area contributed by atoms with Crippen LogP contribution in [0.2, 0.25) is 0 Å². The van der Waals surface area contributed by atoms with Crippen molar-refractivity contribution >= 4 is 39.8 Å². The Bertz CT molecular complexity index is 1330. The van der Waals surface area contributed by atoms with Gasteiger partial charge in [0.25, 0.3) is 0 Å². The number of benzene rings is 3. The second kappa shape index (κ2) is 10.1. The van der Waals surface area contributed by atoms with Gasteiger partial charge in [-0.25, -0.2) is 14.6 Å². The molecule has 6 nitrogen and oxygen atoms in total. The number of hydrogen-bond donors (Lipinski definition) is 0. The van der Waals surface area contributed by atoms with Gasteiger partial charge in [0.2, 0.25) is 5.90 Å². The monoisotopic (exact) mass is 519 g/mol. The summed E-state index contributed by atoms with van der Waals surface area (Å²) in [6, 6.07) is 18.1. The van der Waals surface area contributed by atoms with Gasteiger partial charge in [0.1, 0.15) is 0 Å². The summed E-state index contributed by atoms with van der Waals surface area (Å²) < 4.78 is 17.2. The fourth-order valence-corrected chi connectivity index (χ4v) is 3.91. The summed E-state index contributed by atoms with van der Waals surface area (Å²) in [6.07, 6.45) is 1.60. The van der Waals surface area contributed by atoms with E-state index in [0.29, 0.717) is 28.0 Å². The number of carbonyl (C=O) groups excluding carboxylic acids is 2. The Morgan fingerprint density at radius 3 is 2.53 bits per heavy atom. The van der Waals surface area contributed by atoms with E-state index in [4.69, 9.17) is 14.2 Å². The van der Waals surface area contributed by atoms with Crippen molar-refractivity contribution < 1.29 is 23.8 Å². The quantitative estimate of drug-likeness (QED) is 0.226. The maximum atomic E-state index is 12.6. The molecule has 0 atom stereocenters. The minimum absolute atomic E-state index is 0.164. The van der Waals surface area contributed by atoms with Crippen molar-refractivity contribution in [1.29, 1.82) is 0 Å². The highest BCUT2D eigenvalue weighted by molar-refractivity contribution is 9.10. The highest BCUT2D eigenvalue weighted by Gasteiger charge is 2.25. The van der Waals surface area contributed by atoms with Crippen LogP contribution in [0, 0.1) is 13.8 Å². The van der Waals surface area contributed by atoms with E-state index in [1.807, 2.05) is 57.2 Å². The molecule has 0 unspecified atom stereocenters. The third-order valence-corrected chi connectivity index (χ3v) is 5.70. The Morgan fingerprint density at radius 2 is 1.82 bits per heavy atom. The first kappa shape index (κ1) is 23.4. The van der Waals surface area contributed by atoms with Crippen molar-refractivity contribution in [1.82, 2.24) is 0 Å². The first-order chi connectivity index (χ1) is 16.4. The number of rotatable bonds is 6. The fraction of sp³-hybridized carbons (Fsp3) is 0.148. The smallest absolute Gasteiger partial charge is 0.363 e. The molecule has 1 aliphatic heterocycles. The van der Waals surface area contributed by atoms with Crippen LogP contribution in [0.5, 0.6) is 11.5 Å². The van der Waals surface area contributed by atoms with E-state index in [2.05, 4.69) is 20.9 Å². The van der Waals surface area contributed by atoms with Gasteiger partial charge in [0.05, 0.1) is 16.6 Å². The molecule has 0 N–H and O–H groups in total. The minimum Gasteiger partial charge on any atom is -0.490 e. The minimum atomic E-state index is -0.540. The van der Waals surface area contributed by atoms with Crippen LogP contribution in [0.15, 0.2) is 75.8 Å². The Balaban J connectivity index is 1.65. The van der Waals surface area contributed by atoms with Crippen LogP contribution in [0.25, 0.3) is 6.08 Å². The van der Waals surface area contributed by atoms with Crippen LogP contribution in [-0.2, 0) is 9.53 Å². The van der Waals surface area contributed by atoms with E-state index in [1.54, 1.807) is 30.3 Å². The van der Waals surface area contributed by atoms with Gasteiger partial charge < -0.3 is 14.2 Å². The van der Waals surface area contributed by atoms with Crippen LogP contribution < -0.4 is 9.47 Å². The molecule has 4 rings (SSSR count). The van der Waals surface area contributed by atoms with Crippen molar-refractivity contribution in [2.24, 2.45) is 4.99 Å². The van der Waals surface area contributed by atoms with Crippen molar-refractivity contribution in [2.45, 2.75) is 20.8 Å². The lowest BCUT2D eigenvalue weighted by atomic mass is 10.1. The third kappa shape index (κ3) is 5.10. The van der Waals surface area contributed by atoms with E-state index < -0.39 is 11.9 Å². The molecule has 0 fully saturated rings. The van der Waals surface area contributed by atoms with Crippen LogP contribution in [0.1, 0.15) is 39.5 Å². The average Bonchev–Trinajstić information content (AvgIpc) is 3.16. The van der Waals surface area contributed by atoms with Crippen molar-refractivity contribution in [3.8, 4) is 11.5 Å². The highest BCUT2D eigenvalue weighted by atomic mass is 79.9. The predicted octanol–water partition coefficient (Wildman–Crippen LogP) is 6.03. The van der Waals surface area contributed by atoms with E-state index in [1.165, 1.54) is 0 Å². The molecular weight excluding hydrogens is 498 g/mol. The predicted molar refractivity (Wildman–Crippen MR) is 133 cm³/mol. The molecule has 0 amide bonds. The van der Waals surface area contributed by atoms with Gasteiger partial charge in [-0.15, -0.1) is 0 Å². The zero-order chi connectivity index (χ0) is 24.2. The van der Waals surface area contributed by atoms with Gasteiger partial charge in [-0.05, 0) is 84.2 Å². The Kier molecular flexibility index (Phi) is 6.93. The molecule has 0 spiro atoms. The van der Waals surface area contributed by atoms with Gasteiger partial charge in [0.15, 0.2) is 17.2 Å². The second-order valence-electron chi connectivity index (χ2n) is 7.67. The first-order valence-corrected chi connectivity index (χ1v) is 11.5. The fourth-order valence-electron chi connectivity index (χ4n) is 3.37. The SMILES string of the molecule is CCOc1cc(/C=C2\N=C(c3ccccc3C)OC2=O)cc(Br)c1OC(=O)c1ccc(C)cc1. The lowest BCUT2D eigenvalue weighted by molar-refractivity contribution is -0.129. The van der Waals surface area contributed by atoms with Crippen LogP contribution in [0.4, 0.5) is 0 Å². The molecule has 172 valence electrons. The van der Waals surface area contributed by atoms with Crippen LogP contribution >= 0.6 is 15.9 Å². The molecule has 1 aliphatic rings. The van der Waals surface area contributed by atoms with Crippen molar-refractivity contribution in [3.05, 3.63) is 98.7 Å². The topological polar surface area (TPSA) is 74.2 Å². The number of hydrogen-bond acceptors (Lipinski definition) is 6. The molecule has 0 aliphatic carbocycles.